The number of esters is 1. The number of hydrogen-bond donors (Lipinski definition) is 1. The van der Waals surface area contributed by atoms with Gasteiger partial charge in [-0.3, -0.25) is 4.79 Å². The molecule has 0 spiro atoms. The van der Waals surface area contributed by atoms with Gasteiger partial charge in [-0.05, 0) is 51.3 Å². The molecule has 0 bridgehead atoms. The third-order valence-electron chi connectivity index (χ3n) is 1.99. The molecule has 1 heterocycles. The van der Waals surface area contributed by atoms with E-state index in [1.54, 1.807) is 18.3 Å². The Morgan fingerprint density at radius 1 is 1.62 bits per heavy atom. The van der Waals surface area contributed by atoms with Gasteiger partial charge < -0.3 is 10.5 Å². The van der Waals surface area contributed by atoms with E-state index in [0.29, 0.717) is 19.4 Å². The first-order chi connectivity index (χ1) is 7.54. The Balaban J connectivity index is 2.46. The molecular weight excluding hydrogens is 358 g/mol. The van der Waals surface area contributed by atoms with E-state index in [-0.39, 0.29) is 12.0 Å². The molecule has 1 unspecified atom stereocenters. The average Bonchev–Trinajstić information content (AvgIpc) is 2.56. The minimum Gasteiger partial charge on any atom is -0.466 e. The van der Waals surface area contributed by atoms with Gasteiger partial charge in [-0.2, -0.15) is 0 Å². The Kier molecular flexibility index (Phi) is 5.96. The Morgan fingerprint density at radius 3 is 2.81 bits per heavy atom. The highest BCUT2D eigenvalue weighted by atomic mass is 79.9. The van der Waals surface area contributed by atoms with E-state index in [1.807, 2.05) is 6.07 Å². The van der Waals surface area contributed by atoms with Crippen molar-refractivity contribution in [2.24, 2.45) is 5.73 Å². The lowest BCUT2D eigenvalue weighted by atomic mass is 10.1. The Labute approximate surface area is 116 Å². The van der Waals surface area contributed by atoms with Gasteiger partial charge >= 0.3 is 5.97 Å². The molecule has 0 saturated heterocycles. The van der Waals surface area contributed by atoms with E-state index in [4.69, 9.17) is 10.5 Å². The number of carbonyl (C=O) groups is 1. The predicted molar refractivity (Wildman–Crippen MR) is 72.5 cm³/mol. The second-order valence-corrected chi connectivity index (χ2v) is 6.48. The maximum Gasteiger partial charge on any atom is 0.305 e. The highest BCUT2D eigenvalue weighted by Gasteiger charge is 2.13. The van der Waals surface area contributed by atoms with Gasteiger partial charge in [-0.25, -0.2) is 0 Å². The Morgan fingerprint density at radius 2 is 2.31 bits per heavy atom. The zero-order chi connectivity index (χ0) is 12.1. The number of halogens is 2. The molecule has 90 valence electrons. The van der Waals surface area contributed by atoms with Gasteiger partial charge in [0.1, 0.15) is 0 Å². The lowest BCUT2D eigenvalue weighted by Crippen LogP contribution is -2.12. The van der Waals surface area contributed by atoms with Crippen molar-refractivity contribution in [2.75, 3.05) is 6.61 Å². The van der Waals surface area contributed by atoms with Crippen molar-refractivity contribution in [1.29, 1.82) is 0 Å². The van der Waals surface area contributed by atoms with Crippen LogP contribution in [0, 0.1) is 0 Å². The highest BCUT2D eigenvalue weighted by molar-refractivity contribution is 9.13. The lowest BCUT2D eigenvalue weighted by Gasteiger charge is -2.08. The molecule has 0 aliphatic heterocycles. The summed E-state index contributed by atoms with van der Waals surface area (Å²) in [5, 5.41) is 0. The van der Waals surface area contributed by atoms with Crippen LogP contribution in [0.5, 0.6) is 0 Å². The van der Waals surface area contributed by atoms with Gasteiger partial charge in [-0.1, -0.05) is 0 Å². The molecule has 0 radical (unpaired) electrons. The molecule has 0 aliphatic rings. The molecule has 0 aliphatic carbocycles. The van der Waals surface area contributed by atoms with Crippen molar-refractivity contribution < 1.29 is 9.53 Å². The van der Waals surface area contributed by atoms with Gasteiger partial charge in [-0.15, -0.1) is 11.3 Å². The van der Waals surface area contributed by atoms with Crippen molar-refractivity contribution in [3.8, 4) is 0 Å². The van der Waals surface area contributed by atoms with Gasteiger partial charge in [0, 0.05) is 21.8 Å². The number of hydrogen-bond acceptors (Lipinski definition) is 4. The molecule has 0 amide bonds. The summed E-state index contributed by atoms with van der Waals surface area (Å²) in [6.45, 7) is 2.22. The fourth-order valence-electron chi connectivity index (χ4n) is 1.19. The zero-order valence-corrected chi connectivity index (χ0v) is 12.8. The molecule has 1 aromatic heterocycles. The van der Waals surface area contributed by atoms with Crippen LogP contribution in [0.1, 0.15) is 30.7 Å². The van der Waals surface area contributed by atoms with Crippen molar-refractivity contribution in [3.05, 3.63) is 19.2 Å². The summed E-state index contributed by atoms with van der Waals surface area (Å²) in [6.07, 6.45) is 0.973. The average molecular weight is 371 g/mol. The van der Waals surface area contributed by atoms with Crippen LogP contribution < -0.4 is 5.73 Å². The Hall–Kier alpha value is 0.0900. The maximum absolute atomic E-state index is 11.2. The topological polar surface area (TPSA) is 52.3 Å². The first kappa shape index (κ1) is 14.2. The van der Waals surface area contributed by atoms with Crippen LogP contribution in [0.25, 0.3) is 0 Å². The molecular formula is C10H13Br2NO2S. The van der Waals surface area contributed by atoms with Gasteiger partial charge in [0.25, 0.3) is 0 Å². The van der Waals surface area contributed by atoms with Gasteiger partial charge in [0.2, 0.25) is 0 Å². The van der Waals surface area contributed by atoms with E-state index in [0.717, 1.165) is 13.1 Å². The number of ether oxygens (including phenoxy) is 1. The van der Waals surface area contributed by atoms with Crippen molar-refractivity contribution in [3.63, 3.8) is 0 Å². The highest BCUT2D eigenvalue weighted by Crippen LogP contribution is 2.35. The van der Waals surface area contributed by atoms with Crippen LogP contribution in [0.2, 0.25) is 0 Å². The summed E-state index contributed by atoms with van der Waals surface area (Å²) in [5.41, 5.74) is 5.98. The summed E-state index contributed by atoms with van der Waals surface area (Å²) < 4.78 is 6.87. The molecule has 0 aromatic carbocycles. The monoisotopic (exact) mass is 369 g/mol. The number of nitrogens with two attached hydrogens (primary N) is 1. The van der Waals surface area contributed by atoms with Crippen LogP contribution in [0.3, 0.4) is 0 Å². The predicted octanol–water partition coefficient (Wildman–Crippen LogP) is 3.62. The minimum atomic E-state index is -0.187. The summed E-state index contributed by atoms with van der Waals surface area (Å²) >= 11 is 8.40. The Bertz CT molecular complexity index is 348. The molecule has 1 aromatic rings. The van der Waals surface area contributed by atoms with Gasteiger partial charge in [0.15, 0.2) is 0 Å². The van der Waals surface area contributed by atoms with E-state index in [9.17, 15) is 4.79 Å². The maximum atomic E-state index is 11.2. The second kappa shape index (κ2) is 6.74. The van der Waals surface area contributed by atoms with E-state index in [2.05, 4.69) is 31.9 Å². The molecule has 3 nitrogen and oxygen atoms in total. The quantitative estimate of drug-likeness (QED) is 0.805. The van der Waals surface area contributed by atoms with Crippen LogP contribution in [-0.4, -0.2) is 12.6 Å². The minimum absolute atomic E-state index is 0.114. The summed E-state index contributed by atoms with van der Waals surface area (Å²) in [5.74, 6) is -0.187. The molecule has 1 rings (SSSR count). The number of rotatable bonds is 5. The first-order valence-corrected chi connectivity index (χ1v) is 7.30. The fraction of sp³-hybridized carbons (Fsp3) is 0.500. The van der Waals surface area contributed by atoms with Crippen molar-refractivity contribution >= 4 is 49.2 Å². The smallest absolute Gasteiger partial charge is 0.305 e. The first-order valence-electron chi connectivity index (χ1n) is 4.90. The van der Waals surface area contributed by atoms with E-state index < -0.39 is 0 Å². The largest absolute Gasteiger partial charge is 0.466 e. The SMILES string of the molecule is CCOC(=O)CCC(N)c1cc(Br)c(Br)s1. The number of thiophene rings is 1. The molecule has 0 saturated carbocycles. The molecule has 1 atom stereocenters. The fourth-order valence-corrected chi connectivity index (χ4v) is 3.32. The van der Waals surface area contributed by atoms with Crippen molar-refractivity contribution in [2.45, 2.75) is 25.8 Å². The van der Waals surface area contributed by atoms with Crippen LogP contribution >= 0.6 is 43.2 Å². The third kappa shape index (κ3) is 4.16. The molecule has 0 fully saturated rings. The summed E-state index contributed by atoms with van der Waals surface area (Å²) in [6, 6.07) is 1.86. The van der Waals surface area contributed by atoms with Crippen molar-refractivity contribution in [1.82, 2.24) is 0 Å². The van der Waals surface area contributed by atoms with Gasteiger partial charge in [0.05, 0.1) is 10.4 Å². The molecule has 2 N–H and O–H groups in total. The molecule has 6 heteroatoms. The second-order valence-electron chi connectivity index (χ2n) is 3.22. The molecule has 16 heavy (non-hydrogen) atoms. The normalized spacial score (nSPS) is 12.5. The summed E-state index contributed by atoms with van der Waals surface area (Å²) in [7, 11) is 0. The van der Waals surface area contributed by atoms with Crippen LogP contribution in [0.15, 0.2) is 14.3 Å². The van der Waals surface area contributed by atoms with E-state index >= 15 is 0 Å². The van der Waals surface area contributed by atoms with Crippen LogP contribution in [0.4, 0.5) is 0 Å². The lowest BCUT2D eigenvalue weighted by molar-refractivity contribution is -0.143. The summed E-state index contributed by atoms with van der Waals surface area (Å²) in [4.78, 5) is 12.2. The zero-order valence-electron chi connectivity index (χ0n) is 8.83. The third-order valence-corrected chi connectivity index (χ3v) is 5.38. The van der Waals surface area contributed by atoms with E-state index in [1.165, 1.54) is 0 Å². The number of carbonyl (C=O) groups excluding carboxylic acids is 1. The van der Waals surface area contributed by atoms with Crippen LogP contribution in [-0.2, 0) is 9.53 Å². The standard InChI is InChI=1S/C10H13Br2NO2S/c1-2-15-9(14)4-3-7(13)8-5-6(11)10(12)16-8/h5,7H,2-4,13H2,1H3.